The van der Waals surface area contributed by atoms with Crippen molar-refractivity contribution in [3.8, 4) is 11.3 Å². The molecule has 3 rings (SSSR count). The monoisotopic (exact) mass is 315 g/mol. The van der Waals surface area contributed by atoms with E-state index in [9.17, 15) is 13.9 Å². The maximum atomic E-state index is 14.9. The number of hydrogen-bond donors (Lipinski definition) is 1. The second-order valence-corrected chi connectivity index (χ2v) is 6.58. The number of hydrogen-bond acceptors (Lipinski definition) is 2. The van der Waals surface area contributed by atoms with Gasteiger partial charge >= 0.3 is 0 Å². The topological polar surface area (TPSA) is 33.1 Å². The molecule has 0 aliphatic heterocycles. The van der Waals surface area contributed by atoms with Gasteiger partial charge < -0.3 is 5.11 Å². The fourth-order valence-corrected chi connectivity index (χ4v) is 2.58. The molecule has 4 heteroatoms. The SMILES string of the molecule is C=C(c1cc(C(C)(C)O)c(F)c(-c2ccc(F)cc2)n1)C1CC1. The molecular weight excluding hydrogens is 296 g/mol. The van der Waals surface area contributed by atoms with E-state index in [-0.39, 0.29) is 11.3 Å². The number of allylic oxidation sites excluding steroid dienone is 1. The molecule has 1 aromatic heterocycles. The van der Waals surface area contributed by atoms with Crippen molar-refractivity contribution in [2.24, 2.45) is 5.92 Å². The summed E-state index contributed by atoms with van der Waals surface area (Å²) in [4.78, 5) is 4.40. The zero-order valence-corrected chi connectivity index (χ0v) is 13.2. The lowest BCUT2D eigenvalue weighted by Gasteiger charge is -2.21. The normalized spacial score (nSPS) is 14.8. The predicted molar refractivity (Wildman–Crippen MR) is 86.6 cm³/mol. The first-order valence-electron chi connectivity index (χ1n) is 7.66. The zero-order chi connectivity index (χ0) is 16.8. The van der Waals surface area contributed by atoms with Gasteiger partial charge in [-0.25, -0.2) is 13.8 Å². The van der Waals surface area contributed by atoms with Gasteiger partial charge in [0.2, 0.25) is 0 Å². The Hall–Kier alpha value is -2.07. The highest BCUT2D eigenvalue weighted by molar-refractivity contribution is 5.69. The van der Waals surface area contributed by atoms with Gasteiger partial charge in [0.1, 0.15) is 11.5 Å². The van der Waals surface area contributed by atoms with Crippen LogP contribution >= 0.6 is 0 Å². The van der Waals surface area contributed by atoms with E-state index in [4.69, 9.17) is 0 Å². The van der Waals surface area contributed by atoms with Crippen LogP contribution in [0.1, 0.15) is 37.9 Å². The molecule has 2 nitrogen and oxygen atoms in total. The summed E-state index contributed by atoms with van der Waals surface area (Å²) in [7, 11) is 0. The van der Waals surface area contributed by atoms with Crippen LogP contribution < -0.4 is 0 Å². The first-order chi connectivity index (χ1) is 10.8. The summed E-state index contributed by atoms with van der Waals surface area (Å²) in [5, 5.41) is 10.3. The molecule has 1 N–H and O–H groups in total. The van der Waals surface area contributed by atoms with Gasteiger partial charge in [0.15, 0.2) is 5.82 Å². The third-order valence-electron chi connectivity index (χ3n) is 4.13. The number of halogens is 2. The smallest absolute Gasteiger partial charge is 0.155 e. The number of pyridine rings is 1. The molecule has 0 unspecified atom stereocenters. The highest BCUT2D eigenvalue weighted by Gasteiger charge is 2.30. The predicted octanol–water partition coefficient (Wildman–Crippen LogP) is 4.68. The summed E-state index contributed by atoms with van der Waals surface area (Å²) < 4.78 is 28.0. The van der Waals surface area contributed by atoms with Crippen LogP contribution in [0.5, 0.6) is 0 Å². The summed E-state index contributed by atoms with van der Waals surface area (Å²) in [6.45, 7) is 7.12. The van der Waals surface area contributed by atoms with Crippen molar-refractivity contribution in [1.29, 1.82) is 0 Å². The van der Waals surface area contributed by atoms with Crippen LogP contribution in [0.3, 0.4) is 0 Å². The van der Waals surface area contributed by atoms with Crippen LogP contribution in [0.25, 0.3) is 16.8 Å². The Bertz CT molecular complexity index is 756. The van der Waals surface area contributed by atoms with Crippen molar-refractivity contribution in [3.05, 3.63) is 59.8 Å². The first kappa shape index (κ1) is 15.8. The van der Waals surface area contributed by atoms with E-state index in [2.05, 4.69) is 11.6 Å². The Balaban J connectivity index is 2.18. The third kappa shape index (κ3) is 3.17. The van der Waals surface area contributed by atoms with E-state index < -0.39 is 17.2 Å². The second kappa shape index (κ2) is 5.53. The van der Waals surface area contributed by atoms with Crippen molar-refractivity contribution in [3.63, 3.8) is 0 Å². The average molecular weight is 315 g/mol. The van der Waals surface area contributed by atoms with Crippen molar-refractivity contribution in [2.75, 3.05) is 0 Å². The Labute approximate surface area is 134 Å². The van der Waals surface area contributed by atoms with Crippen molar-refractivity contribution in [1.82, 2.24) is 4.98 Å². The quantitative estimate of drug-likeness (QED) is 0.889. The summed E-state index contributed by atoms with van der Waals surface area (Å²) in [5.74, 6) is -0.601. The Morgan fingerprint density at radius 3 is 2.35 bits per heavy atom. The Morgan fingerprint density at radius 1 is 1.22 bits per heavy atom. The van der Waals surface area contributed by atoms with E-state index in [0.717, 1.165) is 18.4 Å². The molecule has 0 radical (unpaired) electrons. The van der Waals surface area contributed by atoms with Gasteiger partial charge in [-0.15, -0.1) is 0 Å². The van der Waals surface area contributed by atoms with Gasteiger partial charge in [-0.1, -0.05) is 6.58 Å². The van der Waals surface area contributed by atoms with Gasteiger partial charge in [0.25, 0.3) is 0 Å². The first-order valence-corrected chi connectivity index (χ1v) is 7.66. The molecule has 0 saturated heterocycles. The zero-order valence-electron chi connectivity index (χ0n) is 13.2. The molecule has 1 heterocycles. The lowest BCUT2D eigenvalue weighted by atomic mass is 9.93. The van der Waals surface area contributed by atoms with E-state index >= 15 is 0 Å². The Kier molecular flexibility index (Phi) is 3.80. The summed E-state index contributed by atoms with van der Waals surface area (Å²) in [6.07, 6.45) is 2.11. The highest BCUT2D eigenvalue weighted by atomic mass is 19.1. The van der Waals surface area contributed by atoms with E-state index in [1.165, 1.54) is 38.1 Å². The Morgan fingerprint density at radius 2 is 1.83 bits per heavy atom. The molecule has 0 bridgehead atoms. The number of aromatic nitrogens is 1. The third-order valence-corrected chi connectivity index (χ3v) is 4.13. The summed E-state index contributed by atoms with van der Waals surface area (Å²) >= 11 is 0. The van der Waals surface area contributed by atoms with Gasteiger partial charge in [0.05, 0.1) is 11.3 Å². The molecule has 1 saturated carbocycles. The molecule has 1 aromatic carbocycles. The van der Waals surface area contributed by atoms with Gasteiger partial charge in [0, 0.05) is 11.1 Å². The van der Waals surface area contributed by atoms with Crippen LogP contribution in [0.15, 0.2) is 36.9 Å². The maximum Gasteiger partial charge on any atom is 0.155 e. The van der Waals surface area contributed by atoms with Crippen LogP contribution in [-0.4, -0.2) is 10.1 Å². The summed E-state index contributed by atoms with van der Waals surface area (Å²) in [5.41, 5.74) is 0.856. The number of nitrogens with zero attached hydrogens (tertiary/aromatic N) is 1. The molecule has 120 valence electrons. The number of rotatable bonds is 4. The molecule has 2 aromatic rings. The standard InChI is InChI=1S/C19H19F2NO/c1-11(12-4-5-12)16-10-15(19(2,3)23)17(21)18(22-16)13-6-8-14(20)9-7-13/h6-10,12,23H,1,4-5H2,2-3H3. The minimum absolute atomic E-state index is 0.112. The van der Waals surface area contributed by atoms with Crippen molar-refractivity contribution >= 4 is 5.57 Å². The highest BCUT2D eigenvalue weighted by Crippen LogP contribution is 2.42. The molecular formula is C19H19F2NO. The summed E-state index contributed by atoms with van der Waals surface area (Å²) in [6, 6.07) is 7.07. The van der Waals surface area contributed by atoms with Crippen LogP contribution in [0, 0.1) is 17.6 Å². The average Bonchev–Trinajstić information content (AvgIpc) is 3.31. The molecule has 0 spiro atoms. The second-order valence-electron chi connectivity index (χ2n) is 6.58. The van der Waals surface area contributed by atoms with Gasteiger partial charge in [-0.3, -0.25) is 0 Å². The minimum atomic E-state index is -1.35. The molecule has 0 atom stereocenters. The maximum absolute atomic E-state index is 14.9. The largest absolute Gasteiger partial charge is 0.386 e. The van der Waals surface area contributed by atoms with Crippen LogP contribution in [-0.2, 0) is 5.60 Å². The fraction of sp³-hybridized carbons (Fsp3) is 0.316. The molecule has 23 heavy (non-hydrogen) atoms. The minimum Gasteiger partial charge on any atom is -0.386 e. The molecule has 1 aliphatic carbocycles. The van der Waals surface area contributed by atoms with Crippen LogP contribution in [0.4, 0.5) is 8.78 Å². The molecule has 0 amide bonds. The van der Waals surface area contributed by atoms with Gasteiger partial charge in [-0.05, 0) is 68.5 Å². The van der Waals surface area contributed by atoms with Crippen molar-refractivity contribution in [2.45, 2.75) is 32.3 Å². The lowest BCUT2D eigenvalue weighted by molar-refractivity contribution is 0.0745. The number of aliphatic hydroxyl groups is 1. The van der Waals surface area contributed by atoms with Crippen molar-refractivity contribution < 1.29 is 13.9 Å². The molecule has 1 fully saturated rings. The van der Waals surface area contributed by atoms with E-state index in [1.807, 2.05) is 0 Å². The fourth-order valence-electron chi connectivity index (χ4n) is 2.58. The molecule has 1 aliphatic rings. The van der Waals surface area contributed by atoms with E-state index in [0.29, 0.717) is 17.2 Å². The lowest BCUT2D eigenvalue weighted by Crippen LogP contribution is -2.19. The van der Waals surface area contributed by atoms with Gasteiger partial charge in [-0.2, -0.15) is 0 Å². The van der Waals surface area contributed by atoms with E-state index in [1.54, 1.807) is 6.07 Å². The number of benzene rings is 1. The van der Waals surface area contributed by atoms with Crippen LogP contribution in [0.2, 0.25) is 0 Å².